The van der Waals surface area contributed by atoms with E-state index in [0.717, 1.165) is 35.2 Å². The second-order valence-electron chi connectivity index (χ2n) is 8.41. The van der Waals surface area contributed by atoms with E-state index in [1.165, 1.54) is 4.90 Å². The average molecular weight is 440 g/mol. The molecule has 2 heterocycles. The predicted octanol–water partition coefficient (Wildman–Crippen LogP) is 4.39. The molecule has 6 heteroatoms. The maximum absolute atomic E-state index is 13.6. The fraction of sp³-hybridized carbons (Fsp3) is 0.222. The molecule has 0 saturated heterocycles. The first-order valence-electron chi connectivity index (χ1n) is 11.0. The van der Waals surface area contributed by atoms with Gasteiger partial charge in [-0.2, -0.15) is 0 Å². The number of carbonyl (C=O) groups excluding carboxylic acids is 3. The highest BCUT2D eigenvalue weighted by atomic mass is 16.5. The number of hydrogen-bond acceptors (Lipinski definition) is 4. The lowest BCUT2D eigenvalue weighted by atomic mass is 9.95. The van der Waals surface area contributed by atoms with Crippen LogP contribution in [0.15, 0.2) is 60.7 Å². The Morgan fingerprint density at radius 3 is 2.48 bits per heavy atom. The normalized spacial score (nSPS) is 14.8. The van der Waals surface area contributed by atoms with E-state index in [9.17, 15) is 14.4 Å². The summed E-state index contributed by atoms with van der Waals surface area (Å²) in [7, 11) is 1.60. The first-order chi connectivity index (χ1) is 16.0. The molecule has 2 aliphatic heterocycles. The quantitative estimate of drug-likeness (QED) is 0.565. The number of hydrogen-bond donors (Lipinski definition) is 0. The predicted molar refractivity (Wildman–Crippen MR) is 125 cm³/mol. The highest BCUT2D eigenvalue weighted by Crippen LogP contribution is 2.39. The summed E-state index contributed by atoms with van der Waals surface area (Å²) in [5.74, 6) is -0.256. The second-order valence-corrected chi connectivity index (χ2v) is 8.41. The van der Waals surface area contributed by atoms with Crippen LogP contribution in [0.1, 0.15) is 54.2 Å². The second kappa shape index (κ2) is 8.20. The third-order valence-corrected chi connectivity index (χ3v) is 6.42. The van der Waals surface area contributed by atoms with Crippen molar-refractivity contribution in [3.05, 3.63) is 94.0 Å². The van der Waals surface area contributed by atoms with Gasteiger partial charge in [0.2, 0.25) is 0 Å². The minimum Gasteiger partial charge on any atom is -0.495 e. The lowest BCUT2D eigenvalue weighted by Gasteiger charge is -2.32. The van der Waals surface area contributed by atoms with Gasteiger partial charge >= 0.3 is 0 Å². The zero-order valence-electron chi connectivity index (χ0n) is 18.6. The highest BCUT2D eigenvalue weighted by molar-refractivity contribution is 6.22. The molecule has 6 nitrogen and oxygen atoms in total. The maximum atomic E-state index is 13.6. The van der Waals surface area contributed by atoms with Gasteiger partial charge in [0, 0.05) is 12.1 Å². The fourth-order valence-corrected chi connectivity index (χ4v) is 4.71. The minimum atomic E-state index is -0.374. The van der Waals surface area contributed by atoms with Gasteiger partial charge in [-0.3, -0.25) is 19.3 Å². The van der Waals surface area contributed by atoms with Gasteiger partial charge in [-0.05, 0) is 60.7 Å². The Morgan fingerprint density at radius 2 is 1.73 bits per heavy atom. The lowest BCUT2D eigenvalue weighted by molar-refractivity contribution is 0.0642. The molecule has 0 saturated carbocycles. The molecule has 33 heavy (non-hydrogen) atoms. The number of amides is 3. The fourth-order valence-electron chi connectivity index (χ4n) is 4.71. The Balaban J connectivity index is 1.48. The zero-order chi connectivity index (χ0) is 23.1. The van der Waals surface area contributed by atoms with Gasteiger partial charge in [0.05, 0.1) is 30.5 Å². The number of carbonyl (C=O) groups is 3. The monoisotopic (exact) mass is 440 g/mol. The number of aryl methyl sites for hydroxylation is 1. The van der Waals surface area contributed by atoms with Gasteiger partial charge in [0.15, 0.2) is 0 Å². The Bertz CT molecular complexity index is 1280. The number of methoxy groups -OCH3 is 1. The van der Waals surface area contributed by atoms with Crippen molar-refractivity contribution in [1.29, 1.82) is 0 Å². The molecule has 0 spiro atoms. The van der Waals surface area contributed by atoms with Crippen molar-refractivity contribution in [2.75, 3.05) is 18.6 Å². The van der Waals surface area contributed by atoms with E-state index in [2.05, 4.69) is 0 Å². The van der Waals surface area contributed by atoms with Crippen LogP contribution < -0.4 is 9.64 Å². The molecule has 0 bridgehead atoms. The summed E-state index contributed by atoms with van der Waals surface area (Å²) >= 11 is 0. The van der Waals surface area contributed by atoms with Crippen LogP contribution in [0.2, 0.25) is 0 Å². The van der Waals surface area contributed by atoms with E-state index in [-0.39, 0.29) is 29.8 Å². The van der Waals surface area contributed by atoms with Gasteiger partial charge in [-0.25, -0.2) is 0 Å². The lowest BCUT2D eigenvalue weighted by Crippen LogP contribution is -2.36. The molecule has 0 radical (unpaired) electrons. The molecular weight excluding hydrogens is 416 g/mol. The van der Waals surface area contributed by atoms with E-state index >= 15 is 0 Å². The molecule has 0 atom stereocenters. The molecule has 5 rings (SSSR count). The van der Waals surface area contributed by atoms with Crippen LogP contribution in [-0.4, -0.2) is 36.3 Å². The summed E-state index contributed by atoms with van der Waals surface area (Å²) in [6.07, 6.45) is 1.73. The van der Waals surface area contributed by atoms with Gasteiger partial charge in [-0.15, -0.1) is 0 Å². The number of benzene rings is 3. The number of anilines is 1. The molecule has 3 aromatic rings. The van der Waals surface area contributed by atoms with Gasteiger partial charge < -0.3 is 9.64 Å². The van der Waals surface area contributed by atoms with E-state index < -0.39 is 0 Å². The molecule has 3 aromatic carbocycles. The third-order valence-electron chi connectivity index (χ3n) is 6.42. The van der Waals surface area contributed by atoms with Crippen molar-refractivity contribution < 1.29 is 19.1 Å². The van der Waals surface area contributed by atoms with Crippen molar-refractivity contribution in [2.45, 2.75) is 26.3 Å². The molecule has 0 N–H and O–H groups in total. The van der Waals surface area contributed by atoms with Crippen LogP contribution in [0.3, 0.4) is 0 Å². The molecule has 2 aliphatic rings. The van der Waals surface area contributed by atoms with Gasteiger partial charge in [-0.1, -0.05) is 36.4 Å². The van der Waals surface area contributed by atoms with Crippen LogP contribution in [0.25, 0.3) is 0 Å². The van der Waals surface area contributed by atoms with Crippen LogP contribution in [-0.2, 0) is 13.0 Å². The number of fused-ring (bicyclic) bond motifs is 2. The summed E-state index contributed by atoms with van der Waals surface area (Å²) in [4.78, 5) is 42.5. The third kappa shape index (κ3) is 3.48. The average Bonchev–Trinajstić information content (AvgIpc) is 3.08. The van der Waals surface area contributed by atoms with Crippen molar-refractivity contribution in [2.24, 2.45) is 0 Å². The molecular formula is C27H24N2O4. The number of imide groups is 1. The highest BCUT2D eigenvalue weighted by Gasteiger charge is 2.37. The SMILES string of the molecule is COc1ccc(C)c2c1N(C(=O)c1ccc3c(c1)C(=O)N(Cc1ccccc1)C3=O)CCC2. The molecule has 0 aliphatic carbocycles. The van der Waals surface area contributed by atoms with Crippen molar-refractivity contribution >= 4 is 23.4 Å². The first kappa shape index (κ1) is 20.9. The summed E-state index contributed by atoms with van der Waals surface area (Å²) in [5, 5.41) is 0. The van der Waals surface area contributed by atoms with Crippen molar-refractivity contribution in [1.82, 2.24) is 4.90 Å². The first-order valence-corrected chi connectivity index (χ1v) is 11.0. The van der Waals surface area contributed by atoms with E-state index in [4.69, 9.17) is 4.74 Å². The summed E-state index contributed by atoms with van der Waals surface area (Å²) in [5.41, 5.74) is 4.88. The topological polar surface area (TPSA) is 66.9 Å². The number of ether oxygens (including phenoxy) is 1. The molecule has 3 amide bonds. The molecule has 166 valence electrons. The largest absolute Gasteiger partial charge is 0.495 e. The van der Waals surface area contributed by atoms with E-state index in [0.29, 0.717) is 23.4 Å². The Labute approximate surface area is 192 Å². The smallest absolute Gasteiger partial charge is 0.261 e. The minimum absolute atomic E-state index is 0.201. The Kier molecular flexibility index (Phi) is 5.21. The van der Waals surface area contributed by atoms with Crippen LogP contribution in [0, 0.1) is 6.92 Å². The summed E-state index contributed by atoms with van der Waals surface area (Å²) in [6, 6.07) is 18.1. The number of rotatable bonds is 4. The summed E-state index contributed by atoms with van der Waals surface area (Å²) < 4.78 is 5.56. The van der Waals surface area contributed by atoms with E-state index in [1.54, 1.807) is 30.2 Å². The van der Waals surface area contributed by atoms with E-state index in [1.807, 2.05) is 49.4 Å². The zero-order valence-corrected chi connectivity index (χ0v) is 18.6. The van der Waals surface area contributed by atoms with Crippen LogP contribution in [0.5, 0.6) is 5.75 Å². The molecule has 0 aromatic heterocycles. The van der Waals surface area contributed by atoms with Gasteiger partial charge in [0.25, 0.3) is 17.7 Å². The number of nitrogens with zero attached hydrogens (tertiary/aromatic N) is 2. The maximum Gasteiger partial charge on any atom is 0.261 e. The van der Waals surface area contributed by atoms with Crippen LogP contribution >= 0.6 is 0 Å². The Morgan fingerprint density at radius 1 is 0.970 bits per heavy atom. The summed E-state index contributed by atoms with van der Waals surface area (Å²) in [6.45, 7) is 2.80. The Hall–Kier alpha value is -3.93. The van der Waals surface area contributed by atoms with Gasteiger partial charge in [0.1, 0.15) is 5.75 Å². The standard InChI is InChI=1S/C27H24N2O4/c1-17-10-13-23(33-2)24-20(17)9-6-14-28(24)25(30)19-11-12-21-22(15-19)27(32)29(26(21)31)16-18-7-4-3-5-8-18/h3-5,7-8,10-13,15H,6,9,14,16H2,1-2H3. The molecule has 0 fully saturated rings. The van der Waals surface area contributed by atoms with Crippen molar-refractivity contribution in [3.8, 4) is 5.75 Å². The molecule has 0 unspecified atom stereocenters. The van der Waals surface area contributed by atoms with Crippen LogP contribution in [0.4, 0.5) is 5.69 Å². The van der Waals surface area contributed by atoms with Crippen molar-refractivity contribution in [3.63, 3.8) is 0 Å².